The van der Waals surface area contributed by atoms with Crippen molar-refractivity contribution in [2.45, 2.75) is 46.3 Å². The molecular weight excluding hydrogens is 390 g/mol. The lowest BCUT2D eigenvalue weighted by Gasteiger charge is -2.18. The zero-order chi connectivity index (χ0) is 22.1. The van der Waals surface area contributed by atoms with Crippen LogP contribution in [0.5, 0.6) is 5.88 Å². The summed E-state index contributed by atoms with van der Waals surface area (Å²) in [5.41, 5.74) is 7.74. The number of fused-ring (bicyclic) bond motifs is 1. The zero-order valence-electron chi connectivity index (χ0n) is 17.6. The van der Waals surface area contributed by atoms with Crippen LogP contribution in [0.15, 0.2) is 30.3 Å². The minimum Gasteiger partial charge on any atom is -0.473 e. The Morgan fingerprint density at radius 1 is 1.23 bits per heavy atom. The summed E-state index contributed by atoms with van der Waals surface area (Å²) in [6, 6.07) is 7.18. The molecule has 0 atom stereocenters. The van der Waals surface area contributed by atoms with Gasteiger partial charge in [-0.25, -0.2) is 8.78 Å². The molecule has 6 nitrogen and oxygen atoms in total. The fourth-order valence-electron chi connectivity index (χ4n) is 3.15. The van der Waals surface area contributed by atoms with Crippen molar-refractivity contribution in [3.05, 3.63) is 64.4 Å². The van der Waals surface area contributed by atoms with Gasteiger partial charge in [-0.1, -0.05) is 6.07 Å². The number of nitrogens with two attached hydrogens (primary N) is 1. The maximum absolute atomic E-state index is 13.9. The maximum Gasteiger partial charge on any atom is 0.255 e. The number of hydrogen-bond acceptors (Lipinski definition) is 4. The van der Waals surface area contributed by atoms with E-state index >= 15 is 0 Å². The van der Waals surface area contributed by atoms with Crippen LogP contribution in [-0.4, -0.2) is 27.6 Å². The monoisotopic (exact) mass is 416 g/mol. The van der Waals surface area contributed by atoms with E-state index in [4.69, 9.17) is 10.5 Å². The molecule has 0 aliphatic rings. The minimum absolute atomic E-state index is 0.168. The molecule has 0 saturated carbocycles. The first-order valence-corrected chi connectivity index (χ1v) is 9.69. The second-order valence-electron chi connectivity index (χ2n) is 8.11. The minimum atomic E-state index is -0.682. The molecule has 1 aromatic carbocycles. The van der Waals surface area contributed by atoms with Gasteiger partial charge in [-0.3, -0.25) is 4.79 Å². The lowest BCUT2D eigenvalue weighted by molar-refractivity contribution is 0.0952. The molecule has 0 radical (unpaired) electrons. The summed E-state index contributed by atoms with van der Waals surface area (Å²) in [6.07, 6.45) is 0.624. The van der Waals surface area contributed by atoms with Gasteiger partial charge in [0, 0.05) is 18.2 Å². The third kappa shape index (κ3) is 4.76. The van der Waals surface area contributed by atoms with E-state index in [1.54, 1.807) is 13.0 Å². The van der Waals surface area contributed by atoms with E-state index in [0.717, 1.165) is 5.56 Å². The standard InChI is InChI=1S/C22H26F2N4O2/c1-13-10-18-20(21(29)26-9-8-22(3,4)25)14(2)27-28(18)19(11-13)30-12-15-16(23)6-5-7-17(15)24/h5-7,10-11H,8-9,12,25H2,1-4H3,(H,26,29). The normalized spacial score (nSPS) is 11.7. The number of benzene rings is 1. The molecule has 30 heavy (non-hydrogen) atoms. The Kier molecular flexibility index (Phi) is 6.07. The molecule has 0 unspecified atom stereocenters. The van der Waals surface area contributed by atoms with E-state index in [1.807, 2.05) is 26.8 Å². The van der Waals surface area contributed by atoms with Crippen LogP contribution in [0.3, 0.4) is 0 Å². The van der Waals surface area contributed by atoms with E-state index in [-0.39, 0.29) is 29.5 Å². The summed E-state index contributed by atoms with van der Waals surface area (Å²) < 4.78 is 35.0. The Morgan fingerprint density at radius 2 is 1.90 bits per heavy atom. The summed E-state index contributed by atoms with van der Waals surface area (Å²) >= 11 is 0. The number of carbonyl (C=O) groups excluding carboxylic acids is 1. The van der Waals surface area contributed by atoms with Crippen LogP contribution < -0.4 is 15.8 Å². The predicted molar refractivity (Wildman–Crippen MR) is 111 cm³/mol. The highest BCUT2D eigenvalue weighted by atomic mass is 19.1. The van der Waals surface area contributed by atoms with E-state index in [9.17, 15) is 13.6 Å². The number of rotatable bonds is 7. The largest absolute Gasteiger partial charge is 0.473 e. The van der Waals surface area contributed by atoms with Crippen LogP contribution in [-0.2, 0) is 6.61 Å². The molecule has 2 heterocycles. The van der Waals surface area contributed by atoms with Crippen molar-refractivity contribution in [2.75, 3.05) is 6.54 Å². The summed E-state index contributed by atoms with van der Waals surface area (Å²) in [6.45, 7) is 7.49. The van der Waals surface area contributed by atoms with Gasteiger partial charge in [-0.05, 0) is 57.9 Å². The summed E-state index contributed by atoms with van der Waals surface area (Å²) in [5.74, 6) is -1.33. The van der Waals surface area contributed by atoms with Crippen molar-refractivity contribution in [2.24, 2.45) is 5.73 Å². The highest BCUT2D eigenvalue weighted by Gasteiger charge is 2.21. The predicted octanol–water partition coefficient (Wildman–Crippen LogP) is 3.67. The van der Waals surface area contributed by atoms with E-state index in [0.29, 0.717) is 29.7 Å². The highest BCUT2D eigenvalue weighted by Crippen LogP contribution is 2.25. The molecule has 3 N–H and O–H groups in total. The molecule has 0 aliphatic heterocycles. The molecule has 0 saturated heterocycles. The number of nitrogens with zero attached hydrogens (tertiary/aromatic N) is 2. The van der Waals surface area contributed by atoms with Crippen LogP contribution in [0.1, 0.15) is 47.4 Å². The van der Waals surface area contributed by atoms with Crippen molar-refractivity contribution in [1.29, 1.82) is 0 Å². The second-order valence-corrected chi connectivity index (χ2v) is 8.11. The highest BCUT2D eigenvalue weighted by molar-refractivity contribution is 6.02. The first-order chi connectivity index (χ1) is 14.1. The Bertz CT molecular complexity index is 1070. The first-order valence-electron chi connectivity index (χ1n) is 9.69. The Balaban J connectivity index is 1.89. The van der Waals surface area contributed by atoms with Crippen molar-refractivity contribution >= 4 is 11.4 Å². The van der Waals surface area contributed by atoms with Crippen molar-refractivity contribution in [3.8, 4) is 5.88 Å². The topological polar surface area (TPSA) is 81.7 Å². The number of carbonyl (C=O) groups is 1. The Hall–Kier alpha value is -3.00. The van der Waals surface area contributed by atoms with Gasteiger partial charge in [-0.2, -0.15) is 9.61 Å². The van der Waals surface area contributed by atoms with Crippen molar-refractivity contribution in [1.82, 2.24) is 14.9 Å². The first kappa shape index (κ1) is 21.7. The molecule has 2 aromatic heterocycles. The van der Waals surface area contributed by atoms with Gasteiger partial charge in [0.05, 0.1) is 22.3 Å². The number of amides is 1. The molecule has 0 aliphatic carbocycles. The molecule has 0 spiro atoms. The third-order valence-corrected chi connectivity index (χ3v) is 4.73. The fraction of sp³-hybridized carbons (Fsp3) is 0.364. The number of nitrogens with one attached hydrogen (secondary N) is 1. The van der Waals surface area contributed by atoms with Crippen LogP contribution in [0.25, 0.3) is 5.52 Å². The Morgan fingerprint density at radius 3 is 2.53 bits per heavy atom. The molecule has 0 fully saturated rings. The molecule has 8 heteroatoms. The molecule has 160 valence electrons. The molecule has 3 rings (SSSR count). The van der Waals surface area contributed by atoms with Gasteiger partial charge in [0.15, 0.2) is 0 Å². The zero-order valence-corrected chi connectivity index (χ0v) is 17.6. The van der Waals surface area contributed by atoms with Gasteiger partial charge in [-0.15, -0.1) is 0 Å². The van der Waals surface area contributed by atoms with Gasteiger partial charge in [0.25, 0.3) is 5.91 Å². The van der Waals surface area contributed by atoms with E-state index in [1.165, 1.54) is 22.7 Å². The van der Waals surface area contributed by atoms with Gasteiger partial charge < -0.3 is 15.8 Å². The smallest absolute Gasteiger partial charge is 0.255 e. The SMILES string of the molecule is Cc1cc(OCc2c(F)cccc2F)n2nc(C)c(C(=O)NCCC(C)(C)N)c2c1. The fourth-order valence-corrected chi connectivity index (χ4v) is 3.15. The Labute approximate surface area is 174 Å². The van der Waals surface area contributed by atoms with Crippen LogP contribution in [0.4, 0.5) is 8.78 Å². The van der Waals surface area contributed by atoms with Gasteiger partial charge in [0.1, 0.15) is 18.2 Å². The number of ether oxygens (including phenoxy) is 1. The van der Waals surface area contributed by atoms with Crippen LogP contribution in [0.2, 0.25) is 0 Å². The quantitative estimate of drug-likeness (QED) is 0.616. The molecular formula is C22H26F2N4O2. The molecule has 3 aromatic rings. The number of pyridine rings is 1. The maximum atomic E-state index is 13.9. The average Bonchev–Trinajstić information content (AvgIpc) is 2.95. The lowest BCUT2D eigenvalue weighted by atomic mass is 10.0. The lowest BCUT2D eigenvalue weighted by Crippen LogP contribution is -2.37. The van der Waals surface area contributed by atoms with Crippen LogP contribution in [0, 0.1) is 25.5 Å². The summed E-state index contributed by atoms with van der Waals surface area (Å²) in [7, 11) is 0. The summed E-state index contributed by atoms with van der Waals surface area (Å²) in [4.78, 5) is 12.8. The van der Waals surface area contributed by atoms with Gasteiger partial charge >= 0.3 is 0 Å². The van der Waals surface area contributed by atoms with Crippen molar-refractivity contribution < 1.29 is 18.3 Å². The number of aryl methyl sites for hydroxylation is 2. The number of aromatic nitrogens is 2. The summed E-state index contributed by atoms with van der Waals surface area (Å²) in [5, 5.41) is 7.28. The van der Waals surface area contributed by atoms with Crippen LogP contribution >= 0.6 is 0 Å². The van der Waals surface area contributed by atoms with Gasteiger partial charge in [0.2, 0.25) is 5.88 Å². The number of halogens is 2. The molecule has 1 amide bonds. The van der Waals surface area contributed by atoms with E-state index in [2.05, 4.69) is 10.4 Å². The van der Waals surface area contributed by atoms with Crippen molar-refractivity contribution in [3.63, 3.8) is 0 Å². The second kappa shape index (κ2) is 8.39. The average molecular weight is 416 g/mol. The number of hydrogen-bond donors (Lipinski definition) is 2. The van der Waals surface area contributed by atoms with E-state index < -0.39 is 11.6 Å². The third-order valence-electron chi connectivity index (χ3n) is 4.73. The molecule has 0 bridgehead atoms.